The number of carboxylic acids is 1. The molecule has 7 heteroatoms. The summed E-state index contributed by atoms with van der Waals surface area (Å²) in [6, 6.07) is 1.66. The minimum absolute atomic E-state index is 0.233. The number of carbonyl (C=O) groups is 2. The quantitative estimate of drug-likeness (QED) is 0.572. The van der Waals surface area contributed by atoms with E-state index in [9.17, 15) is 9.59 Å². The van der Waals surface area contributed by atoms with Gasteiger partial charge in [-0.2, -0.15) is 0 Å². The number of aromatic nitrogens is 1. The minimum Gasteiger partial charge on any atom is -0.480 e. The summed E-state index contributed by atoms with van der Waals surface area (Å²) in [5, 5.41) is 22.0. The predicted octanol–water partition coefficient (Wildman–Crippen LogP) is -0.365. The van der Waals surface area contributed by atoms with Crippen molar-refractivity contribution < 1.29 is 19.8 Å². The first-order valence-corrected chi connectivity index (χ1v) is 5.32. The average molecular weight is 253 g/mol. The first-order valence-electron chi connectivity index (χ1n) is 5.32. The molecule has 0 bridgehead atoms. The highest BCUT2D eigenvalue weighted by Crippen LogP contribution is 1.98. The van der Waals surface area contributed by atoms with E-state index in [0.29, 0.717) is 0 Å². The Morgan fingerprint density at radius 2 is 2.17 bits per heavy atom. The number of aliphatic hydroxyl groups is 1. The number of nitrogens with zero attached hydrogens (tertiary/aromatic N) is 1. The molecule has 1 heterocycles. The third kappa shape index (κ3) is 4.38. The van der Waals surface area contributed by atoms with E-state index in [-0.39, 0.29) is 6.54 Å². The zero-order valence-electron chi connectivity index (χ0n) is 9.88. The van der Waals surface area contributed by atoms with Gasteiger partial charge in [-0.25, -0.2) is 9.59 Å². The molecule has 0 saturated heterocycles. The lowest BCUT2D eigenvalue weighted by Crippen LogP contribution is -2.47. The Kier molecular flexibility index (Phi) is 5.06. The van der Waals surface area contributed by atoms with Crippen molar-refractivity contribution in [3.05, 3.63) is 29.6 Å². The van der Waals surface area contributed by atoms with Crippen molar-refractivity contribution in [1.82, 2.24) is 15.6 Å². The number of nitrogens with one attached hydrogen (secondary N) is 2. The van der Waals surface area contributed by atoms with Crippen LogP contribution in [0.5, 0.6) is 0 Å². The zero-order chi connectivity index (χ0) is 13.5. The topological polar surface area (TPSA) is 112 Å². The van der Waals surface area contributed by atoms with Crippen LogP contribution in [0, 0.1) is 6.92 Å². The molecule has 0 aliphatic heterocycles. The van der Waals surface area contributed by atoms with Crippen molar-refractivity contribution in [2.24, 2.45) is 0 Å². The molecule has 2 amide bonds. The number of hydrogen-bond donors (Lipinski definition) is 4. The van der Waals surface area contributed by atoms with E-state index in [1.807, 2.05) is 19.1 Å². The molecular formula is C11H15N3O4. The summed E-state index contributed by atoms with van der Waals surface area (Å²) < 4.78 is 0. The Labute approximate surface area is 104 Å². The second kappa shape index (κ2) is 6.55. The standard InChI is InChI=1S/C11H15N3O4/c1-7-2-3-8(4-12-7)5-13-11(18)14-9(6-15)10(16)17/h2-4,9,15H,5-6H2,1H3,(H,16,17)(H2,13,14,18)/t9-/m1/s1. The van der Waals surface area contributed by atoms with E-state index in [1.165, 1.54) is 0 Å². The average Bonchev–Trinajstić information content (AvgIpc) is 2.35. The molecule has 0 aliphatic carbocycles. The van der Waals surface area contributed by atoms with Crippen molar-refractivity contribution in [2.75, 3.05) is 6.61 Å². The van der Waals surface area contributed by atoms with Gasteiger partial charge in [-0.15, -0.1) is 0 Å². The molecule has 0 aliphatic rings. The summed E-state index contributed by atoms with van der Waals surface area (Å²) in [6.45, 7) is 1.42. The number of pyridine rings is 1. The molecule has 1 atom stereocenters. The number of aliphatic carboxylic acids is 1. The first-order chi connectivity index (χ1) is 8.52. The molecule has 18 heavy (non-hydrogen) atoms. The minimum atomic E-state index is -1.30. The van der Waals surface area contributed by atoms with Crippen molar-refractivity contribution in [3.63, 3.8) is 0 Å². The van der Waals surface area contributed by atoms with Crippen LogP contribution in [0.4, 0.5) is 4.79 Å². The Morgan fingerprint density at radius 3 is 2.67 bits per heavy atom. The fraction of sp³-hybridized carbons (Fsp3) is 0.364. The van der Waals surface area contributed by atoms with Crippen LogP contribution in [0.1, 0.15) is 11.3 Å². The van der Waals surface area contributed by atoms with Crippen LogP contribution in [0.15, 0.2) is 18.3 Å². The lowest BCUT2D eigenvalue weighted by Gasteiger charge is -2.12. The molecule has 0 aromatic carbocycles. The number of aryl methyl sites for hydroxylation is 1. The second-order valence-corrected chi connectivity index (χ2v) is 3.71. The smallest absolute Gasteiger partial charge is 0.328 e. The van der Waals surface area contributed by atoms with Gasteiger partial charge in [0.25, 0.3) is 0 Å². The number of urea groups is 1. The van der Waals surface area contributed by atoms with Gasteiger partial charge in [-0.3, -0.25) is 4.98 Å². The fourth-order valence-corrected chi connectivity index (χ4v) is 1.18. The summed E-state index contributed by atoms with van der Waals surface area (Å²) in [6.07, 6.45) is 1.62. The summed E-state index contributed by atoms with van der Waals surface area (Å²) in [5.74, 6) is -1.29. The number of aliphatic hydroxyl groups excluding tert-OH is 1. The summed E-state index contributed by atoms with van der Waals surface area (Å²) in [5.41, 5.74) is 1.67. The lowest BCUT2D eigenvalue weighted by atomic mass is 10.2. The lowest BCUT2D eigenvalue weighted by molar-refractivity contribution is -0.140. The Morgan fingerprint density at radius 1 is 1.44 bits per heavy atom. The van der Waals surface area contributed by atoms with Gasteiger partial charge >= 0.3 is 12.0 Å². The van der Waals surface area contributed by atoms with Gasteiger partial charge in [0.05, 0.1) is 6.61 Å². The van der Waals surface area contributed by atoms with E-state index < -0.39 is 24.6 Å². The Hall–Kier alpha value is -2.15. The number of carbonyl (C=O) groups excluding carboxylic acids is 1. The van der Waals surface area contributed by atoms with Crippen LogP contribution >= 0.6 is 0 Å². The van der Waals surface area contributed by atoms with Crippen molar-refractivity contribution in [3.8, 4) is 0 Å². The molecule has 7 nitrogen and oxygen atoms in total. The third-order valence-electron chi connectivity index (χ3n) is 2.21. The molecule has 0 spiro atoms. The largest absolute Gasteiger partial charge is 0.480 e. The van der Waals surface area contributed by atoms with Crippen LogP contribution in [0.3, 0.4) is 0 Å². The normalized spacial score (nSPS) is 11.7. The van der Waals surface area contributed by atoms with Crippen LogP contribution < -0.4 is 10.6 Å². The van der Waals surface area contributed by atoms with Gasteiger partial charge < -0.3 is 20.8 Å². The third-order valence-corrected chi connectivity index (χ3v) is 2.21. The molecule has 1 aromatic heterocycles. The maximum absolute atomic E-state index is 11.3. The van der Waals surface area contributed by atoms with Crippen molar-refractivity contribution >= 4 is 12.0 Å². The Balaban J connectivity index is 2.41. The van der Waals surface area contributed by atoms with Crippen LogP contribution in [-0.4, -0.2) is 39.8 Å². The predicted molar refractivity (Wildman–Crippen MR) is 62.9 cm³/mol. The van der Waals surface area contributed by atoms with Crippen LogP contribution in [0.25, 0.3) is 0 Å². The molecule has 0 fully saturated rings. The summed E-state index contributed by atoms with van der Waals surface area (Å²) in [4.78, 5) is 26.0. The summed E-state index contributed by atoms with van der Waals surface area (Å²) in [7, 11) is 0. The molecule has 1 aromatic rings. The number of rotatable bonds is 5. The van der Waals surface area contributed by atoms with E-state index in [0.717, 1.165) is 11.3 Å². The molecule has 0 unspecified atom stereocenters. The van der Waals surface area contributed by atoms with Crippen molar-refractivity contribution in [2.45, 2.75) is 19.5 Å². The molecular weight excluding hydrogens is 238 g/mol. The molecule has 1 rings (SSSR count). The van der Waals surface area contributed by atoms with Gasteiger partial charge in [0, 0.05) is 18.4 Å². The molecule has 0 radical (unpaired) electrons. The van der Waals surface area contributed by atoms with E-state index in [1.54, 1.807) is 6.20 Å². The highest BCUT2D eigenvalue weighted by molar-refractivity contribution is 5.82. The number of amides is 2. The van der Waals surface area contributed by atoms with Gasteiger partial charge in [-0.05, 0) is 18.6 Å². The number of hydrogen-bond acceptors (Lipinski definition) is 4. The SMILES string of the molecule is Cc1ccc(CNC(=O)N[C@H](CO)C(=O)O)cn1. The van der Waals surface area contributed by atoms with E-state index >= 15 is 0 Å². The molecule has 98 valence electrons. The van der Waals surface area contributed by atoms with Gasteiger partial charge in [0.1, 0.15) is 0 Å². The highest BCUT2D eigenvalue weighted by atomic mass is 16.4. The van der Waals surface area contributed by atoms with Gasteiger partial charge in [0.2, 0.25) is 0 Å². The maximum atomic E-state index is 11.3. The fourth-order valence-electron chi connectivity index (χ4n) is 1.18. The van der Waals surface area contributed by atoms with Crippen molar-refractivity contribution in [1.29, 1.82) is 0 Å². The van der Waals surface area contributed by atoms with Crippen LogP contribution in [-0.2, 0) is 11.3 Å². The molecule has 4 N–H and O–H groups in total. The highest BCUT2D eigenvalue weighted by Gasteiger charge is 2.18. The van der Waals surface area contributed by atoms with Crippen LogP contribution in [0.2, 0.25) is 0 Å². The first kappa shape index (κ1) is 13.9. The summed E-state index contributed by atoms with van der Waals surface area (Å²) >= 11 is 0. The maximum Gasteiger partial charge on any atom is 0.328 e. The van der Waals surface area contributed by atoms with Gasteiger partial charge in [0.15, 0.2) is 6.04 Å². The second-order valence-electron chi connectivity index (χ2n) is 3.71. The van der Waals surface area contributed by atoms with E-state index in [2.05, 4.69) is 15.6 Å². The monoisotopic (exact) mass is 253 g/mol. The Bertz CT molecular complexity index is 419. The van der Waals surface area contributed by atoms with E-state index in [4.69, 9.17) is 10.2 Å². The number of carboxylic acid groups (broad SMARTS) is 1. The zero-order valence-corrected chi connectivity index (χ0v) is 9.88. The molecule has 0 saturated carbocycles. The van der Waals surface area contributed by atoms with Gasteiger partial charge in [-0.1, -0.05) is 6.07 Å².